The van der Waals surface area contributed by atoms with Crippen LogP contribution < -0.4 is 0 Å². The summed E-state index contributed by atoms with van der Waals surface area (Å²) >= 11 is 0. The van der Waals surface area contributed by atoms with E-state index in [0.717, 1.165) is 19.4 Å². The van der Waals surface area contributed by atoms with Gasteiger partial charge in [0.05, 0.1) is 12.6 Å². The molecule has 1 saturated heterocycles. The van der Waals surface area contributed by atoms with Crippen molar-refractivity contribution in [3.05, 3.63) is 0 Å². The zero-order valence-electron chi connectivity index (χ0n) is 9.42. The summed E-state index contributed by atoms with van der Waals surface area (Å²) in [6.45, 7) is 7.91. The first-order valence-electron chi connectivity index (χ1n) is 5.33. The van der Waals surface area contributed by atoms with Crippen molar-refractivity contribution >= 4 is 5.78 Å². The Morgan fingerprint density at radius 1 is 1.50 bits per heavy atom. The Labute approximate surface area is 86.1 Å². The molecule has 14 heavy (non-hydrogen) atoms. The molecule has 0 radical (unpaired) electrons. The van der Waals surface area contributed by atoms with Gasteiger partial charge >= 0.3 is 0 Å². The van der Waals surface area contributed by atoms with Gasteiger partial charge in [-0.25, -0.2) is 0 Å². The van der Waals surface area contributed by atoms with Crippen LogP contribution in [0, 0.1) is 5.41 Å². The highest BCUT2D eigenvalue weighted by molar-refractivity contribution is 5.85. The summed E-state index contributed by atoms with van der Waals surface area (Å²) in [7, 11) is 0. The van der Waals surface area contributed by atoms with Crippen LogP contribution in [-0.4, -0.2) is 41.5 Å². The molecule has 1 N–H and O–H groups in total. The first-order chi connectivity index (χ1) is 6.39. The molecule has 0 saturated carbocycles. The average molecular weight is 199 g/mol. The summed E-state index contributed by atoms with van der Waals surface area (Å²) in [6, 6.07) is 0. The van der Waals surface area contributed by atoms with Crippen LogP contribution in [0.25, 0.3) is 0 Å². The number of piperidine rings is 1. The largest absolute Gasteiger partial charge is 0.392 e. The van der Waals surface area contributed by atoms with Gasteiger partial charge in [-0.15, -0.1) is 0 Å². The van der Waals surface area contributed by atoms with Gasteiger partial charge in [0.2, 0.25) is 0 Å². The highest BCUT2D eigenvalue weighted by atomic mass is 16.3. The van der Waals surface area contributed by atoms with Crippen molar-refractivity contribution in [2.24, 2.45) is 5.41 Å². The van der Waals surface area contributed by atoms with Crippen molar-refractivity contribution in [3.8, 4) is 0 Å². The number of Topliss-reactive ketones (excluding diaryl/α,β-unsaturated/α-hetero) is 1. The van der Waals surface area contributed by atoms with E-state index in [0.29, 0.717) is 13.1 Å². The second-order valence-corrected chi connectivity index (χ2v) is 5.20. The standard InChI is InChI=1S/C11H21NO2/c1-11(2,3)10(14)8-12-6-4-5-9(13)7-12/h9,13H,4-8H2,1-3H3/t9-/m1/s1. The van der Waals surface area contributed by atoms with Crippen LogP contribution in [0.2, 0.25) is 0 Å². The number of ketones is 1. The van der Waals surface area contributed by atoms with Crippen molar-refractivity contribution in [1.82, 2.24) is 4.90 Å². The molecule has 0 aromatic rings. The van der Waals surface area contributed by atoms with Crippen molar-refractivity contribution < 1.29 is 9.90 Å². The lowest BCUT2D eigenvalue weighted by molar-refractivity contribution is -0.128. The number of hydrogen-bond donors (Lipinski definition) is 1. The Balaban J connectivity index is 2.40. The molecule has 1 atom stereocenters. The fraction of sp³-hybridized carbons (Fsp3) is 0.909. The lowest BCUT2D eigenvalue weighted by Gasteiger charge is -2.31. The zero-order chi connectivity index (χ0) is 10.8. The molecule has 1 rings (SSSR count). The summed E-state index contributed by atoms with van der Waals surface area (Å²) < 4.78 is 0. The molecule has 1 aliphatic rings. The molecular weight excluding hydrogens is 178 g/mol. The van der Waals surface area contributed by atoms with Crippen molar-refractivity contribution in [3.63, 3.8) is 0 Å². The Morgan fingerprint density at radius 3 is 2.64 bits per heavy atom. The Morgan fingerprint density at radius 2 is 2.14 bits per heavy atom. The van der Waals surface area contributed by atoms with Crippen LogP contribution in [0.4, 0.5) is 0 Å². The topological polar surface area (TPSA) is 40.5 Å². The maximum Gasteiger partial charge on any atom is 0.152 e. The molecule has 0 unspecified atom stereocenters. The van der Waals surface area contributed by atoms with E-state index in [9.17, 15) is 9.90 Å². The average Bonchev–Trinajstić information content (AvgIpc) is 2.02. The summed E-state index contributed by atoms with van der Waals surface area (Å²) in [5.41, 5.74) is -0.262. The SMILES string of the molecule is CC(C)(C)C(=O)CN1CCC[C@@H](O)C1. The van der Waals surface area contributed by atoms with Crippen LogP contribution in [0.5, 0.6) is 0 Å². The molecule has 0 bridgehead atoms. The summed E-state index contributed by atoms with van der Waals surface area (Å²) in [6.07, 6.45) is 1.63. The van der Waals surface area contributed by atoms with Gasteiger partial charge in [0.25, 0.3) is 0 Å². The molecule has 0 spiro atoms. The van der Waals surface area contributed by atoms with E-state index in [-0.39, 0.29) is 17.3 Å². The second kappa shape index (κ2) is 4.41. The van der Waals surface area contributed by atoms with Gasteiger partial charge < -0.3 is 5.11 Å². The minimum atomic E-state index is -0.262. The van der Waals surface area contributed by atoms with Gasteiger partial charge in [0.15, 0.2) is 5.78 Å². The maximum atomic E-state index is 11.7. The molecule has 0 aliphatic carbocycles. The van der Waals surface area contributed by atoms with Crippen LogP contribution in [-0.2, 0) is 4.79 Å². The Hall–Kier alpha value is -0.410. The van der Waals surface area contributed by atoms with Crippen molar-refractivity contribution in [1.29, 1.82) is 0 Å². The molecule has 3 heteroatoms. The number of carbonyl (C=O) groups excluding carboxylic acids is 1. The van der Waals surface area contributed by atoms with Crippen molar-refractivity contribution in [2.45, 2.75) is 39.7 Å². The molecule has 1 aliphatic heterocycles. The smallest absolute Gasteiger partial charge is 0.152 e. The van der Waals surface area contributed by atoms with E-state index in [2.05, 4.69) is 4.90 Å². The highest BCUT2D eigenvalue weighted by Crippen LogP contribution is 2.17. The predicted molar refractivity (Wildman–Crippen MR) is 56.1 cm³/mol. The van der Waals surface area contributed by atoms with E-state index < -0.39 is 0 Å². The quantitative estimate of drug-likeness (QED) is 0.723. The molecule has 3 nitrogen and oxygen atoms in total. The first-order valence-corrected chi connectivity index (χ1v) is 5.33. The van der Waals surface area contributed by atoms with E-state index >= 15 is 0 Å². The minimum Gasteiger partial charge on any atom is -0.392 e. The minimum absolute atomic E-state index is 0.239. The van der Waals surface area contributed by atoms with E-state index in [1.165, 1.54) is 0 Å². The lowest BCUT2D eigenvalue weighted by Crippen LogP contribution is -2.43. The molecule has 0 aromatic heterocycles. The third kappa shape index (κ3) is 3.39. The predicted octanol–water partition coefficient (Wildman–Crippen LogP) is 1.06. The van der Waals surface area contributed by atoms with Gasteiger partial charge in [-0.2, -0.15) is 0 Å². The van der Waals surface area contributed by atoms with Crippen LogP contribution >= 0.6 is 0 Å². The highest BCUT2D eigenvalue weighted by Gasteiger charge is 2.25. The molecule has 1 fully saturated rings. The van der Waals surface area contributed by atoms with Gasteiger partial charge in [0, 0.05) is 12.0 Å². The summed E-state index contributed by atoms with van der Waals surface area (Å²) in [5, 5.41) is 9.44. The monoisotopic (exact) mass is 199 g/mol. The van der Waals surface area contributed by atoms with Gasteiger partial charge in [-0.05, 0) is 19.4 Å². The molecule has 1 heterocycles. The van der Waals surface area contributed by atoms with E-state index in [1.807, 2.05) is 20.8 Å². The van der Waals surface area contributed by atoms with E-state index in [1.54, 1.807) is 0 Å². The number of rotatable bonds is 2. The number of likely N-dealkylation sites (tertiary alicyclic amines) is 1. The molecule has 82 valence electrons. The third-order valence-corrected chi connectivity index (χ3v) is 2.68. The normalized spacial score (nSPS) is 25.0. The molecular formula is C11H21NO2. The lowest BCUT2D eigenvalue weighted by atomic mass is 9.90. The third-order valence-electron chi connectivity index (χ3n) is 2.68. The number of aliphatic hydroxyl groups excluding tert-OH is 1. The van der Waals surface area contributed by atoms with Gasteiger partial charge in [-0.1, -0.05) is 20.8 Å². The maximum absolute atomic E-state index is 11.7. The van der Waals surface area contributed by atoms with Gasteiger partial charge in [0.1, 0.15) is 0 Å². The van der Waals surface area contributed by atoms with E-state index in [4.69, 9.17) is 0 Å². The zero-order valence-corrected chi connectivity index (χ0v) is 9.42. The first kappa shape index (κ1) is 11.7. The summed E-state index contributed by atoms with van der Waals surface area (Å²) in [5.74, 6) is 0.256. The number of aliphatic hydroxyl groups is 1. The number of β-amino-alcohol motifs (C(OH)–C–C–N with tert-alkyl or cyclic N) is 1. The van der Waals surface area contributed by atoms with Gasteiger partial charge in [-0.3, -0.25) is 9.69 Å². The number of nitrogens with zero attached hydrogens (tertiary/aromatic N) is 1. The molecule has 0 aromatic carbocycles. The second-order valence-electron chi connectivity index (χ2n) is 5.20. The number of carbonyl (C=O) groups is 1. The Bertz CT molecular complexity index is 208. The molecule has 0 amide bonds. The Kier molecular flexibility index (Phi) is 3.67. The van der Waals surface area contributed by atoms with Crippen LogP contribution in [0.1, 0.15) is 33.6 Å². The fourth-order valence-corrected chi connectivity index (χ4v) is 1.62. The van der Waals surface area contributed by atoms with Crippen LogP contribution in [0.3, 0.4) is 0 Å². The van der Waals surface area contributed by atoms with Crippen molar-refractivity contribution in [2.75, 3.05) is 19.6 Å². The van der Waals surface area contributed by atoms with Crippen LogP contribution in [0.15, 0.2) is 0 Å². The fourth-order valence-electron chi connectivity index (χ4n) is 1.62. The summed E-state index contributed by atoms with van der Waals surface area (Å²) in [4.78, 5) is 13.8. The number of hydrogen-bond acceptors (Lipinski definition) is 3.